The van der Waals surface area contributed by atoms with Crippen LogP contribution in [0, 0.1) is 0 Å². The molecule has 0 saturated carbocycles. The molecule has 0 fully saturated rings. The minimum Gasteiger partial charge on any atom is -0.310 e. The van der Waals surface area contributed by atoms with E-state index in [1.165, 1.54) is 104 Å². The maximum absolute atomic E-state index is 2.53. The van der Waals surface area contributed by atoms with Crippen LogP contribution in [0.4, 0.5) is 34.1 Å². The zero-order valence-corrected chi connectivity index (χ0v) is 42.1. The van der Waals surface area contributed by atoms with Crippen LogP contribution in [0.2, 0.25) is 0 Å². The number of hydrogen-bond acceptors (Lipinski definition) is 2. The summed E-state index contributed by atoms with van der Waals surface area (Å²) in [6, 6.07) is 109. The van der Waals surface area contributed by atoms with E-state index in [9.17, 15) is 0 Å². The Morgan fingerprint density at radius 3 is 1.00 bits per heavy atom. The SMILES string of the molecule is c1ccc(-c2ccc(N(c3ccccc3)c3ccc4cc5c6cccc7c8cc9ccc(N(c%10ccccc%10)c%10ccc(-c%11ccccc%11)cc%10-c%10ccccc%10)cc9cc8n(c5cc4c3)c67)c(-c3ccccc3)c2)cc1. The van der Waals surface area contributed by atoms with Crippen LogP contribution >= 0.6 is 0 Å². The highest BCUT2D eigenvalue weighted by Crippen LogP contribution is 2.48. The van der Waals surface area contributed by atoms with E-state index < -0.39 is 0 Å². The van der Waals surface area contributed by atoms with Gasteiger partial charge >= 0.3 is 0 Å². The topological polar surface area (TPSA) is 10.9 Å². The summed E-state index contributed by atoms with van der Waals surface area (Å²) in [7, 11) is 0. The third-order valence-corrected chi connectivity index (χ3v) is 15.6. The van der Waals surface area contributed by atoms with Crippen molar-refractivity contribution in [3.63, 3.8) is 0 Å². The molecule has 0 aliphatic rings. The Labute approximate surface area is 447 Å². The van der Waals surface area contributed by atoms with E-state index in [2.05, 4.69) is 311 Å². The average Bonchev–Trinajstić information content (AvgIpc) is 4.24. The van der Waals surface area contributed by atoms with Crippen LogP contribution in [0.3, 0.4) is 0 Å². The van der Waals surface area contributed by atoms with Crippen molar-refractivity contribution < 1.29 is 0 Å². The van der Waals surface area contributed by atoms with E-state index in [1.807, 2.05) is 0 Å². The highest BCUT2D eigenvalue weighted by atomic mass is 15.2. The highest BCUT2D eigenvalue weighted by Gasteiger charge is 2.23. The monoisotopic (exact) mass is 979 g/mol. The fourth-order valence-corrected chi connectivity index (χ4v) is 12.0. The van der Waals surface area contributed by atoms with Gasteiger partial charge in [0.1, 0.15) is 0 Å². The van der Waals surface area contributed by atoms with E-state index in [1.54, 1.807) is 0 Å². The van der Waals surface area contributed by atoms with Gasteiger partial charge in [-0.2, -0.15) is 0 Å². The van der Waals surface area contributed by atoms with Gasteiger partial charge in [0, 0.05) is 55.4 Å². The summed E-state index contributed by atoms with van der Waals surface area (Å²) >= 11 is 0. The molecule has 77 heavy (non-hydrogen) atoms. The standard InChI is InChI=1S/C74H49N3/c1-7-20-50(21-8-1)54-36-40-70(66(44-54)52-24-11-3-12-25-52)75(60-28-15-5-16-29-60)62-38-34-56-46-68-64-32-19-33-65-69-47-57-35-39-63(43-59(57)49-73(69)77(74(64)65)72(68)48-58(56)42-62)76(61-30-17-6-18-31-61)71-41-37-55(51-22-9-2-10-23-51)45-67(71)53-26-13-4-14-27-53/h1-49H. The Morgan fingerprint density at radius 2 is 0.597 bits per heavy atom. The summed E-state index contributed by atoms with van der Waals surface area (Å²) in [5.41, 5.74) is 19.7. The molecule has 0 spiro atoms. The van der Waals surface area contributed by atoms with E-state index in [-0.39, 0.29) is 0 Å². The first kappa shape index (κ1) is 44.3. The number of hydrogen-bond donors (Lipinski definition) is 0. The van der Waals surface area contributed by atoms with Gasteiger partial charge in [0.05, 0.1) is 27.9 Å². The number of aromatic nitrogens is 1. The maximum Gasteiger partial charge on any atom is 0.0620 e. The van der Waals surface area contributed by atoms with Crippen LogP contribution in [-0.4, -0.2) is 4.40 Å². The molecule has 15 rings (SSSR count). The molecule has 2 heterocycles. The van der Waals surface area contributed by atoms with Gasteiger partial charge in [-0.1, -0.05) is 200 Å². The molecule has 2 aromatic heterocycles. The second kappa shape index (κ2) is 18.3. The lowest BCUT2D eigenvalue weighted by Crippen LogP contribution is -2.11. The number of benzene rings is 13. The van der Waals surface area contributed by atoms with Crippen molar-refractivity contribution in [2.45, 2.75) is 0 Å². The Hall–Kier alpha value is -10.2. The summed E-state index contributed by atoms with van der Waals surface area (Å²) in [4.78, 5) is 4.84. The zero-order valence-electron chi connectivity index (χ0n) is 42.1. The van der Waals surface area contributed by atoms with E-state index in [0.29, 0.717) is 0 Å². The molecule has 3 heteroatoms. The lowest BCUT2D eigenvalue weighted by Gasteiger charge is -2.28. The quantitative estimate of drug-likeness (QED) is 0.135. The second-order valence-electron chi connectivity index (χ2n) is 20.1. The number of fused-ring (bicyclic) bond motifs is 8. The number of nitrogens with zero attached hydrogens (tertiary/aromatic N) is 3. The van der Waals surface area contributed by atoms with Gasteiger partial charge < -0.3 is 14.2 Å². The predicted octanol–water partition coefficient (Wildman–Crippen LogP) is 20.8. The first-order valence-electron chi connectivity index (χ1n) is 26.5. The molecular formula is C74H49N3. The summed E-state index contributed by atoms with van der Waals surface area (Å²) in [6.45, 7) is 0. The van der Waals surface area contributed by atoms with Crippen LogP contribution < -0.4 is 9.80 Å². The zero-order chi connectivity index (χ0) is 50.8. The summed E-state index contributed by atoms with van der Waals surface area (Å²) in [6.07, 6.45) is 0. The Morgan fingerprint density at radius 1 is 0.221 bits per heavy atom. The van der Waals surface area contributed by atoms with Gasteiger partial charge in [-0.3, -0.25) is 0 Å². The fraction of sp³-hybridized carbons (Fsp3) is 0. The third-order valence-electron chi connectivity index (χ3n) is 15.6. The molecule has 0 aliphatic carbocycles. The second-order valence-corrected chi connectivity index (χ2v) is 20.1. The molecule has 0 unspecified atom stereocenters. The van der Waals surface area contributed by atoms with E-state index in [4.69, 9.17) is 0 Å². The van der Waals surface area contributed by atoms with Crippen LogP contribution in [0.5, 0.6) is 0 Å². The first-order valence-corrected chi connectivity index (χ1v) is 26.5. The third kappa shape index (κ3) is 7.59. The summed E-state index contributed by atoms with van der Waals surface area (Å²) < 4.78 is 2.53. The van der Waals surface area contributed by atoms with E-state index >= 15 is 0 Å². The minimum atomic E-state index is 1.10. The van der Waals surface area contributed by atoms with Gasteiger partial charge in [-0.05, 0) is 152 Å². The van der Waals surface area contributed by atoms with E-state index in [0.717, 1.165) is 34.1 Å². The molecular weight excluding hydrogens is 931 g/mol. The van der Waals surface area contributed by atoms with Crippen molar-refractivity contribution in [2.24, 2.45) is 0 Å². The van der Waals surface area contributed by atoms with Crippen LogP contribution in [0.1, 0.15) is 0 Å². The van der Waals surface area contributed by atoms with Crippen molar-refractivity contribution >= 4 is 93.8 Å². The van der Waals surface area contributed by atoms with Gasteiger partial charge in [0.2, 0.25) is 0 Å². The van der Waals surface area contributed by atoms with Crippen molar-refractivity contribution in [1.82, 2.24) is 4.40 Å². The molecule has 0 radical (unpaired) electrons. The average molecular weight is 980 g/mol. The summed E-state index contributed by atoms with van der Waals surface area (Å²) in [5.74, 6) is 0. The van der Waals surface area contributed by atoms with Gasteiger partial charge in [0.15, 0.2) is 0 Å². The number of para-hydroxylation sites is 3. The largest absolute Gasteiger partial charge is 0.310 e. The van der Waals surface area contributed by atoms with Crippen LogP contribution in [0.25, 0.3) is 104 Å². The molecule has 0 atom stereocenters. The molecule has 3 nitrogen and oxygen atoms in total. The van der Waals surface area contributed by atoms with Crippen LogP contribution in [-0.2, 0) is 0 Å². The number of rotatable bonds is 10. The van der Waals surface area contributed by atoms with Gasteiger partial charge in [0.25, 0.3) is 0 Å². The van der Waals surface area contributed by atoms with Crippen molar-refractivity contribution in [1.29, 1.82) is 0 Å². The molecule has 360 valence electrons. The number of anilines is 6. The molecule has 0 bridgehead atoms. The highest BCUT2D eigenvalue weighted by molar-refractivity contribution is 6.26. The summed E-state index contributed by atoms with van der Waals surface area (Å²) in [5, 5.41) is 9.82. The Balaban J connectivity index is 0.908. The predicted molar refractivity (Wildman–Crippen MR) is 327 cm³/mol. The smallest absolute Gasteiger partial charge is 0.0620 e. The van der Waals surface area contributed by atoms with Crippen molar-refractivity contribution in [3.05, 3.63) is 297 Å². The van der Waals surface area contributed by atoms with Gasteiger partial charge in [-0.25, -0.2) is 0 Å². The van der Waals surface area contributed by atoms with Crippen molar-refractivity contribution in [2.75, 3.05) is 9.80 Å². The molecule has 0 saturated heterocycles. The maximum atomic E-state index is 2.53. The first-order chi connectivity index (χ1) is 38.2. The molecule has 0 N–H and O–H groups in total. The van der Waals surface area contributed by atoms with Crippen molar-refractivity contribution in [3.8, 4) is 44.5 Å². The Bertz CT molecular complexity index is 4360. The lowest BCUT2D eigenvalue weighted by molar-refractivity contribution is 1.29. The molecule has 0 aliphatic heterocycles. The van der Waals surface area contributed by atoms with Crippen LogP contribution in [0.15, 0.2) is 297 Å². The normalized spacial score (nSPS) is 11.6. The van der Waals surface area contributed by atoms with Gasteiger partial charge in [-0.15, -0.1) is 0 Å². The lowest BCUT2D eigenvalue weighted by atomic mass is 9.96. The minimum absolute atomic E-state index is 1.10. The molecule has 0 amide bonds. The Kier molecular flexibility index (Phi) is 10.5. The fourth-order valence-electron chi connectivity index (χ4n) is 12.0. The molecule has 13 aromatic carbocycles. The molecule has 15 aromatic rings.